The van der Waals surface area contributed by atoms with Crippen molar-refractivity contribution in [3.8, 4) is 11.5 Å². The molecule has 28 heavy (non-hydrogen) atoms. The van der Waals surface area contributed by atoms with E-state index in [2.05, 4.69) is 46.4 Å². The Morgan fingerprint density at radius 3 is 2.43 bits per heavy atom. The SMILES string of the molecule is CCN(Cc1ccccc1)c1cc(C)nc(Nc2cc(OC)ccc2OC)n1. The summed E-state index contributed by atoms with van der Waals surface area (Å²) < 4.78 is 10.8. The first-order valence-electron chi connectivity index (χ1n) is 9.26. The van der Waals surface area contributed by atoms with Gasteiger partial charge < -0.3 is 19.7 Å². The molecule has 1 heterocycles. The summed E-state index contributed by atoms with van der Waals surface area (Å²) in [4.78, 5) is 11.5. The number of nitrogens with one attached hydrogen (secondary N) is 1. The zero-order valence-electron chi connectivity index (χ0n) is 16.8. The number of ether oxygens (including phenoxy) is 2. The Bertz CT molecular complexity index is 916. The van der Waals surface area contributed by atoms with E-state index in [1.54, 1.807) is 14.2 Å². The molecule has 1 aromatic heterocycles. The number of nitrogens with zero attached hydrogens (tertiary/aromatic N) is 3. The molecule has 0 aliphatic carbocycles. The molecular formula is C22H26N4O2. The lowest BCUT2D eigenvalue weighted by Crippen LogP contribution is -2.23. The smallest absolute Gasteiger partial charge is 0.229 e. The lowest BCUT2D eigenvalue weighted by atomic mass is 10.2. The van der Waals surface area contributed by atoms with E-state index in [1.165, 1.54) is 5.56 Å². The van der Waals surface area contributed by atoms with Crippen LogP contribution in [0.3, 0.4) is 0 Å². The van der Waals surface area contributed by atoms with Gasteiger partial charge in [-0.2, -0.15) is 4.98 Å². The maximum atomic E-state index is 5.44. The lowest BCUT2D eigenvalue weighted by Gasteiger charge is -2.23. The average Bonchev–Trinajstić information content (AvgIpc) is 2.72. The summed E-state index contributed by atoms with van der Waals surface area (Å²) in [5.74, 6) is 2.83. The summed E-state index contributed by atoms with van der Waals surface area (Å²) in [5.41, 5.74) is 2.88. The predicted octanol–water partition coefficient (Wildman–Crippen LogP) is 4.57. The molecule has 0 unspecified atom stereocenters. The van der Waals surface area contributed by atoms with E-state index in [0.717, 1.165) is 36.0 Å². The molecule has 0 fully saturated rings. The second kappa shape index (κ2) is 9.08. The number of aryl methyl sites for hydroxylation is 1. The van der Waals surface area contributed by atoms with Crippen LogP contribution in [0.25, 0.3) is 0 Å². The van der Waals surface area contributed by atoms with Crippen LogP contribution < -0.4 is 19.7 Å². The maximum absolute atomic E-state index is 5.44. The van der Waals surface area contributed by atoms with E-state index < -0.39 is 0 Å². The minimum absolute atomic E-state index is 0.521. The zero-order valence-corrected chi connectivity index (χ0v) is 16.8. The van der Waals surface area contributed by atoms with Crippen molar-refractivity contribution in [2.75, 3.05) is 31.0 Å². The van der Waals surface area contributed by atoms with Crippen LogP contribution in [0.15, 0.2) is 54.6 Å². The first-order chi connectivity index (χ1) is 13.6. The highest BCUT2D eigenvalue weighted by Gasteiger charge is 2.12. The first kappa shape index (κ1) is 19.5. The molecule has 1 N–H and O–H groups in total. The van der Waals surface area contributed by atoms with Crippen LogP contribution in [-0.2, 0) is 6.54 Å². The topological polar surface area (TPSA) is 59.5 Å². The molecule has 0 aliphatic rings. The second-order valence-corrected chi connectivity index (χ2v) is 6.38. The van der Waals surface area contributed by atoms with Crippen molar-refractivity contribution in [2.24, 2.45) is 0 Å². The minimum atomic E-state index is 0.521. The van der Waals surface area contributed by atoms with Gasteiger partial charge in [0.15, 0.2) is 0 Å². The van der Waals surface area contributed by atoms with Crippen molar-refractivity contribution in [2.45, 2.75) is 20.4 Å². The van der Waals surface area contributed by atoms with E-state index in [-0.39, 0.29) is 0 Å². The highest BCUT2D eigenvalue weighted by atomic mass is 16.5. The Morgan fingerprint density at radius 2 is 1.75 bits per heavy atom. The molecular weight excluding hydrogens is 352 g/mol. The third kappa shape index (κ3) is 4.71. The number of benzene rings is 2. The van der Waals surface area contributed by atoms with Crippen LogP contribution in [-0.4, -0.2) is 30.7 Å². The zero-order chi connectivity index (χ0) is 19.9. The van der Waals surface area contributed by atoms with Gasteiger partial charge in [-0.3, -0.25) is 0 Å². The Hall–Kier alpha value is -3.28. The van der Waals surface area contributed by atoms with Gasteiger partial charge in [-0.05, 0) is 31.5 Å². The fraction of sp³-hybridized carbons (Fsp3) is 0.273. The minimum Gasteiger partial charge on any atom is -0.497 e. The van der Waals surface area contributed by atoms with Crippen LogP contribution in [0, 0.1) is 6.92 Å². The summed E-state index contributed by atoms with van der Waals surface area (Å²) in [6.45, 7) is 5.72. The Balaban J connectivity index is 1.89. The summed E-state index contributed by atoms with van der Waals surface area (Å²) in [6, 6.07) is 17.9. The number of hydrogen-bond acceptors (Lipinski definition) is 6. The molecule has 0 saturated heterocycles. The maximum Gasteiger partial charge on any atom is 0.229 e. The van der Waals surface area contributed by atoms with Crippen molar-refractivity contribution in [3.05, 3.63) is 65.9 Å². The van der Waals surface area contributed by atoms with Gasteiger partial charge in [-0.1, -0.05) is 30.3 Å². The lowest BCUT2D eigenvalue weighted by molar-refractivity contribution is 0.405. The van der Waals surface area contributed by atoms with Crippen molar-refractivity contribution in [1.29, 1.82) is 0 Å². The van der Waals surface area contributed by atoms with Crippen molar-refractivity contribution >= 4 is 17.5 Å². The fourth-order valence-electron chi connectivity index (χ4n) is 2.96. The summed E-state index contributed by atoms with van der Waals surface area (Å²) >= 11 is 0. The highest BCUT2D eigenvalue weighted by molar-refractivity contribution is 5.65. The van der Waals surface area contributed by atoms with Crippen molar-refractivity contribution < 1.29 is 9.47 Å². The molecule has 6 heteroatoms. The third-order valence-corrected chi connectivity index (χ3v) is 4.42. The number of rotatable bonds is 8. The van der Waals surface area contributed by atoms with Gasteiger partial charge in [-0.15, -0.1) is 0 Å². The summed E-state index contributed by atoms with van der Waals surface area (Å²) in [6.07, 6.45) is 0. The van der Waals surface area contributed by atoms with Crippen molar-refractivity contribution in [1.82, 2.24) is 9.97 Å². The Labute approximate surface area is 166 Å². The first-order valence-corrected chi connectivity index (χ1v) is 9.26. The molecule has 0 spiro atoms. The normalized spacial score (nSPS) is 10.4. The quantitative estimate of drug-likeness (QED) is 0.619. The fourth-order valence-corrected chi connectivity index (χ4v) is 2.96. The van der Waals surface area contributed by atoms with Gasteiger partial charge in [0.25, 0.3) is 0 Å². The molecule has 0 atom stereocenters. The van der Waals surface area contributed by atoms with E-state index in [9.17, 15) is 0 Å². The summed E-state index contributed by atoms with van der Waals surface area (Å²) in [7, 11) is 3.27. The third-order valence-electron chi connectivity index (χ3n) is 4.42. The van der Waals surface area contributed by atoms with Gasteiger partial charge >= 0.3 is 0 Å². The molecule has 0 amide bonds. The van der Waals surface area contributed by atoms with E-state index in [1.807, 2.05) is 37.3 Å². The summed E-state index contributed by atoms with van der Waals surface area (Å²) in [5, 5.41) is 3.27. The van der Waals surface area contributed by atoms with E-state index in [4.69, 9.17) is 14.5 Å². The highest BCUT2D eigenvalue weighted by Crippen LogP contribution is 2.31. The Morgan fingerprint density at radius 1 is 0.964 bits per heavy atom. The number of methoxy groups -OCH3 is 2. The van der Waals surface area contributed by atoms with Crippen LogP contribution >= 0.6 is 0 Å². The van der Waals surface area contributed by atoms with Crippen LogP contribution in [0.4, 0.5) is 17.5 Å². The monoisotopic (exact) mass is 378 g/mol. The largest absolute Gasteiger partial charge is 0.497 e. The molecule has 6 nitrogen and oxygen atoms in total. The standard InChI is InChI=1S/C22H26N4O2/c1-5-26(15-17-9-7-6-8-10-17)21-13-16(2)23-22(25-21)24-19-14-18(27-3)11-12-20(19)28-4/h6-14H,5,15H2,1-4H3,(H,23,24,25). The molecule has 0 bridgehead atoms. The van der Waals surface area contributed by atoms with Gasteiger partial charge in [0.05, 0.1) is 19.9 Å². The predicted molar refractivity (Wildman–Crippen MR) is 113 cm³/mol. The van der Waals surface area contributed by atoms with E-state index >= 15 is 0 Å². The molecule has 0 saturated carbocycles. The molecule has 146 valence electrons. The van der Waals surface area contributed by atoms with E-state index in [0.29, 0.717) is 11.7 Å². The Kier molecular flexibility index (Phi) is 6.32. The molecule has 2 aromatic carbocycles. The average molecular weight is 378 g/mol. The second-order valence-electron chi connectivity index (χ2n) is 6.38. The van der Waals surface area contributed by atoms with Gasteiger partial charge in [-0.25, -0.2) is 4.98 Å². The van der Waals surface area contributed by atoms with Crippen molar-refractivity contribution in [3.63, 3.8) is 0 Å². The number of anilines is 3. The molecule has 0 radical (unpaired) electrons. The molecule has 3 aromatic rings. The molecule has 3 rings (SSSR count). The van der Waals surface area contributed by atoms with Gasteiger partial charge in [0.1, 0.15) is 17.3 Å². The van der Waals surface area contributed by atoms with Gasteiger partial charge in [0, 0.05) is 30.9 Å². The molecule has 0 aliphatic heterocycles. The van der Waals surface area contributed by atoms with Crippen LogP contribution in [0.1, 0.15) is 18.2 Å². The van der Waals surface area contributed by atoms with Crippen LogP contribution in [0.5, 0.6) is 11.5 Å². The number of aromatic nitrogens is 2. The number of hydrogen-bond donors (Lipinski definition) is 1. The van der Waals surface area contributed by atoms with Crippen LogP contribution in [0.2, 0.25) is 0 Å². The van der Waals surface area contributed by atoms with Gasteiger partial charge in [0.2, 0.25) is 5.95 Å².